The molecule has 5 rings (SSSR count). The molecule has 2 aromatic carbocycles. The van der Waals surface area contributed by atoms with Crippen LogP contribution in [0.3, 0.4) is 0 Å². The molecular weight excluding hydrogens is 448 g/mol. The number of anilines is 1. The Morgan fingerprint density at radius 3 is 2.63 bits per heavy atom. The van der Waals surface area contributed by atoms with Gasteiger partial charge in [0.1, 0.15) is 17.8 Å². The molecular formula is C26H28N4O5. The third kappa shape index (κ3) is 3.62. The Bertz CT molecular complexity index is 1370. The lowest BCUT2D eigenvalue weighted by Gasteiger charge is -2.33. The van der Waals surface area contributed by atoms with Gasteiger partial charge in [-0.2, -0.15) is 0 Å². The summed E-state index contributed by atoms with van der Waals surface area (Å²) in [4.78, 5) is 45.5. The number of benzene rings is 2. The summed E-state index contributed by atoms with van der Waals surface area (Å²) >= 11 is 0. The number of carbonyl (C=O) groups is 2. The zero-order valence-electron chi connectivity index (χ0n) is 19.8. The van der Waals surface area contributed by atoms with Gasteiger partial charge >= 0.3 is 5.97 Å². The molecule has 3 heterocycles. The van der Waals surface area contributed by atoms with E-state index >= 15 is 0 Å². The lowest BCUT2D eigenvalue weighted by molar-refractivity contribution is -0.147. The van der Waals surface area contributed by atoms with Crippen LogP contribution in [-0.4, -0.2) is 45.9 Å². The van der Waals surface area contributed by atoms with E-state index in [0.717, 1.165) is 0 Å². The van der Waals surface area contributed by atoms with Crippen LogP contribution in [0, 0.1) is 5.92 Å². The third-order valence-electron chi connectivity index (χ3n) is 6.95. The molecule has 2 aliphatic heterocycles. The largest absolute Gasteiger partial charge is 0.467 e. The number of nitrogens with one attached hydrogen (secondary N) is 1. The number of para-hydroxylation sites is 2. The quantitative estimate of drug-likeness (QED) is 0.524. The van der Waals surface area contributed by atoms with Crippen molar-refractivity contribution in [2.24, 2.45) is 5.92 Å². The van der Waals surface area contributed by atoms with Gasteiger partial charge in [-0.15, -0.1) is 0 Å². The zero-order valence-corrected chi connectivity index (χ0v) is 19.8. The fraction of sp³-hybridized carbons (Fsp3) is 0.385. The molecule has 1 saturated heterocycles. The first-order valence-corrected chi connectivity index (χ1v) is 11.7. The maximum atomic E-state index is 13.3. The predicted octanol–water partition coefficient (Wildman–Crippen LogP) is 2.08. The van der Waals surface area contributed by atoms with E-state index in [2.05, 4.69) is 10.3 Å². The van der Waals surface area contributed by atoms with Gasteiger partial charge in [-0.1, -0.05) is 44.2 Å². The van der Waals surface area contributed by atoms with E-state index in [9.17, 15) is 19.5 Å². The van der Waals surface area contributed by atoms with Crippen molar-refractivity contribution in [2.45, 2.75) is 50.5 Å². The van der Waals surface area contributed by atoms with Crippen molar-refractivity contribution >= 4 is 28.5 Å². The number of nitrogens with zero attached hydrogens (tertiary/aromatic N) is 3. The van der Waals surface area contributed by atoms with Crippen molar-refractivity contribution in [1.29, 1.82) is 0 Å². The highest BCUT2D eigenvalue weighted by molar-refractivity contribution is 6.02. The smallest absolute Gasteiger partial charge is 0.329 e. The van der Waals surface area contributed by atoms with E-state index < -0.39 is 35.4 Å². The van der Waals surface area contributed by atoms with E-state index in [1.807, 2.05) is 13.8 Å². The molecule has 9 nitrogen and oxygen atoms in total. The Morgan fingerprint density at radius 1 is 1.17 bits per heavy atom. The molecule has 0 unspecified atom stereocenters. The molecule has 1 amide bonds. The predicted molar refractivity (Wildman–Crippen MR) is 130 cm³/mol. The normalized spacial score (nSPS) is 24.0. The lowest BCUT2D eigenvalue weighted by Crippen LogP contribution is -2.51. The molecule has 2 aliphatic rings. The Morgan fingerprint density at radius 2 is 1.89 bits per heavy atom. The number of rotatable bonds is 6. The number of methoxy groups -OCH3 is 1. The van der Waals surface area contributed by atoms with Crippen molar-refractivity contribution in [3.63, 3.8) is 0 Å². The molecule has 0 radical (unpaired) electrons. The summed E-state index contributed by atoms with van der Waals surface area (Å²) in [6.45, 7) is 4.07. The third-order valence-corrected chi connectivity index (χ3v) is 6.95. The summed E-state index contributed by atoms with van der Waals surface area (Å²) in [6.07, 6.45) is 0.945. The zero-order chi connectivity index (χ0) is 24.9. The number of esters is 1. The van der Waals surface area contributed by atoms with Crippen LogP contribution < -0.4 is 15.8 Å². The van der Waals surface area contributed by atoms with Crippen molar-refractivity contribution in [1.82, 2.24) is 14.9 Å². The fourth-order valence-electron chi connectivity index (χ4n) is 5.33. The summed E-state index contributed by atoms with van der Waals surface area (Å²) in [5.74, 6) is -0.535. The first-order chi connectivity index (χ1) is 16.8. The number of aliphatic hydroxyl groups is 1. The summed E-state index contributed by atoms with van der Waals surface area (Å²) < 4.78 is 6.25. The first kappa shape index (κ1) is 23.2. The topological polar surface area (TPSA) is 114 Å². The van der Waals surface area contributed by atoms with Gasteiger partial charge in [0.2, 0.25) is 5.91 Å². The van der Waals surface area contributed by atoms with Crippen LogP contribution in [0.5, 0.6) is 0 Å². The van der Waals surface area contributed by atoms with Gasteiger partial charge in [0.05, 0.1) is 36.1 Å². The summed E-state index contributed by atoms with van der Waals surface area (Å²) in [5.41, 5.74) is -0.443. The second-order valence-corrected chi connectivity index (χ2v) is 9.62. The number of carbonyl (C=O) groups excluding carboxylic acids is 2. The Hall–Kier alpha value is -3.56. The average Bonchev–Trinajstić information content (AvgIpc) is 3.30. The number of aromatic nitrogens is 2. The minimum absolute atomic E-state index is 0.119. The SMILES string of the molecule is COC(=O)[C@H](C[C@]1(O)c2ccccc2N2C(=O)[C@H](CC(C)C)N[C@@H]21)n1cnc2ccccc2c1=O. The van der Waals surface area contributed by atoms with Gasteiger partial charge in [0.25, 0.3) is 5.56 Å². The Balaban J connectivity index is 1.61. The van der Waals surface area contributed by atoms with Gasteiger partial charge in [0, 0.05) is 12.0 Å². The first-order valence-electron chi connectivity index (χ1n) is 11.7. The van der Waals surface area contributed by atoms with Crippen LogP contribution in [0.4, 0.5) is 5.69 Å². The molecule has 1 fully saturated rings. The molecule has 0 saturated carbocycles. The number of ether oxygens (including phenoxy) is 1. The van der Waals surface area contributed by atoms with Gasteiger partial charge < -0.3 is 9.84 Å². The number of hydrogen-bond acceptors (Lipinski definition) is 7. The van der Waals surface area contributed by atoms with E-state index in [-0.39, 0.29) is 18.2 Å². The standard InChI is InChI=1S/C26H28N4O5/c1-15(2)12-19-23(32)30-20-11-7-5-9-17(20)26(34,25(30)28-19)13-21(24(33)35-3)29-14-27-18-10-6-4-8-16(18)22(29)31/h4-11,14-15,19,21,25,28,34H,12-13H2,1-3H3/t19-,21-,25-,26-/m0/s1. The van der Waals surface area contributed by atoms with E-state index in [0.29, 0.717) is 28.6 Å². The van der Waals surface area contributed by atoms with Crippen LogP contribution in [0.1, 0.15) is 38.3 Å². The number of fused-ring (bicyclic) bond motifs is 4. The fourth-order valence-corrected chi connectivity index (χ4v) is 5.33. The molecule has 0 bridgehead atoms. The van der Waals surface area contributed by atoms with Gasteiger partial charge in [-0.3, -0.25) is 24.4 Å². The summed E-state index contributed by atoms with van der Waals surface area (Å²) in [5, 5.41) is 15.8. The summed E-state index contributed by atoms with van der Waals surface area (Å²) in [6, 6.07) is 12.4. The maximum absolute atomic E-state index is 13.3. The second kappa shape index (κ2) is 8.58. The highest BCUT2D eigenvalue weighted by Gasteiger charge is 2.58. The number of hydrogen-bond donors (Lipinski definition) is 2. The monoisotopic (exact) mass is 476 g/mol. The maximum Gasteiger partial charge on any atom is 0.329 e. The van der Waals surface area contributed by atoms with Crippen LogP contribution in [-0.2, 0) is 19.9 Å². The molecule has 2 N–H and O–H groups in total. The van der Waals surface area contributed by atoms with Gasteiger partial charge in [-0.05, 0) is 30.5 Å². The highest BCUT2D eigenvalue weighted by Crippen LogP contribution is 2.49. The van der Waals surface area contributed by atoms with Crippen molar-refractivity contribution < 1.29 is 19.4 Å². The average molecular weight is 477 g/mol. The van der Waals surface area contributed by atoms with Crippen LogP contribution in [0.2, 0.25) is 0 Å². The number of amides is 1. The van der Waals surface area contributed by atoms with Gasteiger partial charge in [0.15, 0.2) is 0 Å². The minimum Gasteiger partial charge on any atom is -0.467 e. The van der Waals surface area contributed by atoms with E-state index in [4.69, 9.17) is 4.74 Å². The second-order valence-electron chi connectivity index (χ2n) is 9.62. The lowest BCUT2D eigenvalue weighted by atomic mass is 9.86. The molecule has 182 valence electrons. The van der Waals surface area contributed by atoms with Crippen LogP contribution in [0.15, 0.2) is 59.7 Å². The molecule has 0 aliphatic carbocycles. The van der Waals surface area contributed by atoms with Gasteiger partial charge in [-0.25, -0.2) is 9.78 Å². The molecule has 0 spiro atoms. The van der Waals surface area contributed by atoms with E-state index in [1.165, 1.54) is 18.0 Å². The van der Waals surface area contributed by atoms with Crippen molar-refractivity contribution in [3.8, 4) is 0 Å². The highest BCUT2D eigenvalue weighted by atomic mass is 16.5. The molecule has 1 aromatic heterocycles. The minimum atomic E-state index is -1.65. The molecule has 35 heavy (non-hydrogen) atoms. The molecule has 4 atom stereocenters. The molecule has 9 heteroatoms. The Labute approximate surface area is 202 Å². The van der Waals surface area contributed by atoms with Crippen molar-refractivity contribution in [2.75, 3.05) is 12.0 Å². The molecule has 3 aromatic rings. The van der Waals surface area contributed by atoms with Crippen molar-refractivity contribution in [3.05, 3.63) is 70.8 Å². The Kier molecular flexibility index (Phi) is 5.69. The summed E-state index contributed by atoms with van der Waals surface area (Å²) in [7, 11) is 1.24. The van der Waals surface area contributed by atoms with E-state index in [1.54, 1.807) is 53.4 Å². The van der Waals surface area contributed by atoms with Crippen LogP contribution >= 0.6 is 0 Å². The van der Waals surface area contributed by atoms with Crippen LogP contribution in [0.25, 0.3) is 10.9 Å².